The molecule has 20 heavy (non-hydrogen) atoms. The molecule has 106 valence electrons. The predicted octanol–water partition coefficient (Wildman–Crippen LogP) is 4.12. The normalized spacial score (nSPS) is 17.6. The van der Waals surface area contributed by atoms with Crippen molar-refractivity contribution in [3.63, 3.8) is 0 Å². The third-order valence-electron chi connectivity index (χ3n) is 3.89. The smallest absolute Gasteiger partial charge is 0.123 e. The largest absolute Gasteiger partial charge is 0.492 e. The van der Waals surface area contributed by atoms with E-state index < -0.39 is 0 Å². The van der Waals surface area contributed by atoms with E-state index in [-0.39, 0.29) is 11.5 Å². The van der Waals surface area contributed by atoms with Gasteiger partial charge in [-0.15, -0.1) is 11.3 Å². The van der Waals surface area contributed by atoms with Crippen molar-refractivity contribution in [3.8, 4) is 5.75 Å². The van der Waals surface area contributed by atoms with E-state index >= 15 is 0 Å². The van der Waals surface area contributed by atoms with Crippen molar-refractivity contribution in [1.82, 2.24) is 5.32 Å². The second-order valence-electron chi connectivity index (χ2n) is 5.93. The molecule has 1 atom stereocenters. The molecule has 0 spiro atoms. The van der Waals surface area contributed by atoms with Crippen LogP contribution >= 0.6 is 11.3 Å². The lowest BCUT2D eigenvalue weighted by Crippen LogP contribution is -2.22. The summed E-state index contributed by atoms with van der Waals surface area (Å²) in [4.78, 5) is 1.36. The highest BCUT2D eigenvalue weighted by Crippen LogP contribution is 2.40. The maximum absolute atomic E-state index is 5.78. The number of benzene rings is 1. The predicted molar refractivity (Wildman–Crippen MR) is 84.8 cm³/mol. The highest BCUT2D eigenvalue weighted by molar-refractivity contribution is 7.10. The summed E-state index contributed by atoms with van der Waals surface area (Å²) in [5.41, 5.74) is 2.76. The van der Waals surface area contributed by atoms with Gasteiger partial charge in [0.05, 0.1) is 12.6 Å². The van der Waals surface area contributed by atoms with Crippen molar-refractivity contribution in [3.05, 3.63) is 51.7 Å². The lowest BCUT2D eigenvalue weighted by molar-refractivity contribution is 0.291. The van der Waals surface area contributed by atoms with Crippen LogP contribution in [0.25, 0.3) is 0 Å². The van der Waals surface area contributed by atoms with Gasteiger partial charge in [-0.05, 0) is 35.7 Å². The highest BCUT2D eigenvalue weighted by atomic mass is 32.1. The van der Waals surface area contributed by atoms with Gasteiger partial charge in [-0.1, -0.05) is 32.9 Å². The fourth-order valence-electron chi connectivity index (χ4n) is 2.76. The molecule has 0 saturated carbocycles. The second-order valence-corrected chi connectivity index (χ2v) is 6.91. The van der Waals surface area contributed by atoms with Crippen LogP contribution in [0.1, 0.15) is 42.8 Å². The molecule has 3 heteroatoms. The molecule has 1 N–H and O–H groups in total. The van der Waals surface area contributed by atoms with Crippen molar-refractivity contribution >= 4 is 11.3 Å². The lowest BCUT2D eigenvalue weighted by atomic mass is 9.85. The second kappa shape index (κ2) is 5.23. The average Bonchev–Trinajstić information content (AvgIpc) is 3.05. The Morgan fingerprint density at radius 1 is 1.35 bits per heavy atom. The fraction of sp³-hybridized carbons (Fsp3) is 0.412. The van der Waals surface area contributed by atoms with Crippen molar-refractivity contribution in [2.24, 2.45) is 0 Å². The summed E-state index contributed by atoms with van der Waals surface area (Å²) in [5, 5.41) is 5.73. The minimum atomic E-state index is 0.109. The summed E-state index contributed by atoms with van der Waals surface area (Å²) in [5.74, 6) is 1.04. The fourth-order valence-corrected chi connectivity index (χ4v) is 3.59. The molecule has 0 amide bonds. The SMILES string of the molecule is CCNC(c1ccc2c(c1)C(C)(C)CO2)c1cccs1. The van der Waals surface area contributed by atoms with Gasteiger partial charge in [-0.2, -0.15) is 0 Å². The summed E-state index contributed by atoms with van der Waals surface area (Å²) >= 11 is 1.81. The van der Waals surface area contributed by atoms with Crippen molar-refractivity contribution in [2.75, 3.05) is 13.2 Å². The van der Waals surface area contributed by atoms with Crippen molar-refractivity contribution in [2.45, 2.75) is 32.2 Å². The molecule has 2 nitrogen and oxygen atoms in total. The molecule has 2 heterocycles. The Labute approximate surface area is 124 Å². The summed E-state index contributed by atoms with van der Waals surface area (Å²) < 4.78 is 5.78. The molecule has 1 unspecified atom stereocenters. The molecule has 0 aliphatic carbocycles. The van der Waals surface area contributed by atoms with Crippen molar-refractivity contribution < 1.29 is 4.74 Å². The Morgan fingerprint density at radius 2 is 2.20 bits per heavy atom. The topological polar surface area (TPSA) is 21.3 Å². The van der Waals surface area contributed by atoms with Crippen LogP contribution < -0.4 is 10.1 Å². The zero-order valence-electron chi connectivity index (χ0n) is 12.3. The van der Waals surface area contributed by atoms with Crippen LogP contribution in [-0.2, 0) is 5.41 Å². The molecule has 0 fully saturated rings. The molecule has 1 aromatic heterocycles. The quantitative estimate of drug-likeness (QED) is 0.913. The monoisotopic (exact) mass is 287 g/mol. The molecule has 0 radical (unpaired) electrons. The molecule has 0 saturated heterocycles. The van der Waals surface area contributed by atoms with Gasteiger partial charge in [0.2, 0.25) is 0 Å². The zero-order chi connectivity index (χ0) is 14.2. The summed E-state index contributed by atoms with van der Waals surface area (Å²) in [7, 11) is 0. The molecular weight excluding hydrogens is 266 g/mol. The molecule has 1 aliphatic heterocycles. The van der Waals surface area contributed by atoms with Crippen LogP contribution in [0.3, 0.4) is 0 Å². The van der Waals surface area contributed by atoms with E-state index in [4.69, 9.17) is 4.74 Å². The summed E-state index contributed by atoms with van der Waals surface area (Å²) in [6.45, 7) is 8.38. The van der Waals surface area contributed by atoms with Gasteiger partial charge in [0.15, 0.2) is 0 Å². The Kier molecular flexibility index (Phi) is 3.57. The highest BCUT2D eigenvalue weighted by Gasteiger charge is 2.32. The summed E-state index contributed by atoms with van der Waals surface area (Å²) in [6.07, 6.45) is 0. The Hall–Kier alpha value is -1.32. The Balaban J connectivity index is 2.01. The van der Waals surface area contributed by atoms with Crippen molar-refractivity contribution in [1.29, 1.82) is 0 Å². The first-order chi connectivity index (χ1) is 9.62. The van der Waals surface area contributed by atoms with E-state index in [1.165, 1.54) is 16.0 Å². The van der Waals surface area contributed by atoms with E-state index in [1.807, 2.05) is 0 Å². The van der Waals surface area contributed by atoms with Gasteiger partial charge >= 0.3 is 0 Å². The third-order valence-corrected chi connectivity index (χ3v) is 4.83. The molecule has 2 aromatic rings. The Morgan fingerprint density at radius 3 is 2.90 bits per heavy atom. The van der Waals surface area contributed by atoms with Gasteiger partial charge in [0, 0.05) is 15.9 Å². The Bertz CT molecular complexity index is 589. The number of thiophene rings is 1. The van der Waals surface area contributed by atoms with Gasteiger partial charge in [0.25, 0.3) is 0 Å². The van der Waals surface area contributed by atoms with Crippen LogP contribution in [0.2, 0.25) is 0 Å². The first-order valence-corrected chi connectivity index (χ1v) is 8.04. The summed E-state index contributed by atoms with van der Waals surface area (Å²) in [6, 6.07) is 11.2. The number of ether oxygens (including phenoxy) is 1. The maximum atomic E-state index is 5.78. The molecule has 1 aliphatic rings. The number of fused-ring (bicyclic) bond motifs is 1. The molecule has 1 aromatic carbocycles. The van der Waals surface area contributed by atoms with E-state index in [0.29, 0.717) is 0 Å². The maximum Gasteiger partial charge on any atom is 0.123 e. The first kappa shape index (κ1) is 13.7. The van der Waals surface area contributed by atoms with E-state index in [2.05, 4.69) is 61.8 Å². The van der Waals surface area contributed by atoms with E-state index in [9.17, 15) is 0 Å². The van der Waals surface area contributed by atoms with Crippen LogP contribution in [0.15, 0.2) is 35.7 Å². The van der Waals surface area contributed by atoms with Gasteiger partial charge in [-0.3, -0.25) is 0 Å². The zero-order valence-corrected chi connectivity index (χ0v) is 13.1. The van der Waals surface area contributed by atoms with Crippen LogP contribution in [0.4, 0.5) is 0 Å². The van der Waals surface area contributed by atoms with Crippen LogP contribution in [0, 0.1) is 0 Å². The van der Waals surface area contributed by atoms with E-state index in [1.54, 1.807) is 11.3 Å². The first-order valence-electron chi connectivity index (χ1n) is 7.16. The average molecular weight is 287 g/mol. The third kappa shape index (κ3) is 2.36. The number of rotatable bonds is 4. The van der Waals surface area contributed by atoms with Gasteiger partial charge < -0.3 is 10.1 Å². The van der Waals surface area contributed by atoms with Crippen LogP contribution in [-0.4, -0.2) is 13.2 Å². The number of hydrogen-bond acceptors (Lipinski definition) is 3. The molecule has 0 bridgehead atoms. The van der Waals surface area contributed by atoms with E-state index in [0.717, 1.165) is 18.9 Å². The van der Waals surface area contributed by atoms with Gasteiger partial charge in [0.1, 0.15) is 5.75 Å². The minimum Gasteiger partial charge on any atom is -0.492 e. The minimum absolute atomic E-state index is 0.109. The number of hydrogen-bond donors (Lipinski definition) is 1. The van der Waals surface area contributed by atoms with Crippen LogP contribution in [0.5, 0.6) is 5.75 Å². The molecule has 3 rings (SSSR count). The number of nitrogens with one attached hydrogen (secondary N) is 1. The molecular formula is C17H21NOS. The van der Waals surface area contributed by atoms with Gasteiger partial charge in [-0.25, -0.2) is 0 Å². The standard InChI is InChI=1S/C17H21NOS/c1-4-18-16(15-6-5-9-20-15)12-7-8-14-13(10-12)17(2,3)11-19-14/h5-10,16,18H,4,11H2,1-3H3. The lowest BCUT2D eigenvalue weighted by Gasteiger charge is -2.20.